The Morgan fingerprint density at radius 2 is 0.565 bits per heavy atom. The van der Waals surface area contributed by atoms with E-state index in [0.29, 0.717) is 19.3 Å². The van der Waals surface area contributed by atoms with E-state index < -0.39 is 6.10 Å². The number of rotatable bonds is 54. The fourth-order valence-corrected chi connectivity index (χ4v) is 8.55. The third-order valence-electron chi connectivity index (χ3n) is 13.0. The number of unbranched alkanes of at least 4 members (excludes halogenated alkanes) is 33. The van der Waals surface area contributed by atoms with Gasteiger partial charge in [-0.3, -0.25) is 14.4 Å². The van der Waals surface area contributed by atoms with Gasteiger partial charge in [0.1, 0.15) is 13.2 Å². The molecule has 6 nitrogen and oxygen atoms in total. The van der Waals surface area contributed by atoms with Gasteiger partial charge >= 0.3 is 17.9 Å². The maximum absolute atomic E-state index is 12.9. The molecule has 6 heteroatoms. The number of hydrogen-bond acceptors (Lipinski definition) is 6. The van der Waals surface area contributed by atoms with Gasteiger partial charge in [0.25, 0.3) is 0 Å². The van der Waals surface area contributed by atoms with E-state index in [2.05, 4.69) is 81.5 Å². The van der Waals surface area contributed by atoms with Gasteiger partial charge in [0.05, 0.1) is 0 Å². The van der Waals surface area contributed by atoms with Crippen LogP contribution < -0.4 is 0 Å². The molecule has 400 valence electrons. The summed E-state index contributed by atoms with van der Waals surface area (Å²) >= 11 is 0. The molecule has 0 radical (unpaired) electrons. The molecule has 0 aliphatic carbocycles. The van der Waals surface area contributed by atoms with Crippen molar-refractivity contribution in [2.24, 2.45) is 0 Å². The lowest BCUT2D eigenvalue weighted by Crippen LogP contribution is -2.30. The molecule has 0 aliphatic rings. The lowest BCUT2D eigenvalue weighted by Gasteiger charge is -2.18. The molecule has 0 aliphatic heterocycles. The summed E-state index contributed by atoms with van der Waals surface area (Å²) < 4.78 is 16.9. The average molecular weight is 966 g/mol. The highest BCUT2D eigenvalue weighted by Gasteiger charge is 2.19. The van der Waals surface area contributed by atoms with Crippen molar-refractivity contribution in [2.45, 2.75) is 309 Å². The van der Waals surface area contributed by atoms with Gasteiger partial charge in [-0.05, 0) is 83.5 Å². The molecule has 0 rings (SSSR count). The van der Waals surface area contributed by atoms with Crippen LogP contribution in [0.1, 0.15) is 303 Å². The van der Waals surface area contributed by atoms with Crippen molar-refractivity contribution in [3.05, 3.63) is 60.8 Å². The lowest BCUT2D eigenvalue weighted by molar-refractivity contribution is -0.167. The van der Waals surface area contributed by atoms with Crippen molar-refractivity contribution < 1.29 is 28.6 Å². The van der Waals surface area contributed by atoms with Gasteiger partial charge < -0.3 is 14.2 Å². The van der Waals surface area contributed by atoms with Gasteiger partial charge in [-0.25, -0.2) is 0 Å². The van der Waals surface area contributed by atoms with E-state index in [0.717, 1.165) is 89.9 Å². The number of esters is 3. The molecule has 69 heavy (non-hydrogen) atoms. The highest BCUT2D eigenvalue weighted by molar-refractivity contribution is 5.71. The summed E-state index contributed by atoms with van der Waals surface area (Å²) in [6, 6.07) is 0. The molecule has 0 aromatic heterocycles. The van der Waals surface area contributed by atoms with Gasteiger partial charge in [0.2, 0.25) is 0 Å². The average Bonchev–Trinajstić information content (AvgIpc) is 3.35. The van der Waals surface area contributed by atoms with Crippen LogP contribution in [0.15, 0.2) is 60.8 Å². The van der Waals surface area contributed by atoms with Crippen LogP contribution >= 0.6 is 0 Å². The number of carbonyl (C=O) groups is 3. The third-order valence-corrected chi connectivity index (χ3v) is 13.0. The van der Waals surface area contributed by atoms with Crippen molar-refractivity contribution in [3.8, 4) is 0 Å². The second kappa shape index (κ2) is 57.7. The summed E-state index contributed by atoms with van der Waals surface area (Å²) in [6.45, 7) is 6.52. The van der Waals surface area contributed by atoms with E-state index in [4.69, 9.17) is 14.2 Å². The van der Waals surface area contributed by atoms with Crippen LogP contribution in [0.5, 0.6) is 0 Å². The topological polar surface area (TPSA) is 78.9 Å². The molecule has 0 saturated heterocycles. The van der Waals surface area contributed by atoms with Crippen molar-refractivity contribution in [2.75, 3.05) is 13.2 Å². The molecule has 0 bridgehead atoms. The van der Waals surface area contributed by atoms with Crippen LogP contribution in [-0.4, -0.2) is 37.2 Å². The van der Waals surface area contributed by atoms with Crippen LogP contribution in [0.2, 0.25) is 0 Å². The first kappa shape index (κ1) is 66.1. The first-order chi connectivity index (χ1) is 34.0. The Labute approximate surface area is 428 Å². The molecule has 1 unspecified atom stereocenters. The zero-order valence-corrected chi connectivity index (χ0v) is 45.8. The predicted molar refractivity (Wildman–Crippen MR) is 298 cm³/mol. The zero-order valence-electron chi connectivity index (χ0n) is 45.8. The fourth-order valence-electron chi connectivity index (χ4n) is 8.55. The number of carbonyl (C=O) groups excluding carboxylic acids is 3. The second-order valence-electron chi connectivity index (χ2n) is 19.9. The van der Waals surface area contributed by atoms with Gasteiger partial charge in [-0.15, -0.1) is 0 Å². The van der Waals surface area contributed by atoms with E-state index in [-0.39, 0.29) is 31.1 Å². The minimum Gasteiger partial charge on any atom is -0.462 e. The van der Waals surface area contributed by atoms with Crippen LogP contribution in [0.25, 0.3) is 0 Å². The normalized spacial score (nSPS) is 12.4. The summed E-state index contributed by atoms with van der Waals surface area (Å²) in [7, 11) is 0. The van der Waals surface area contributed by atoms with Crippen molar-refractivity contribution in [3.63, 3.8) is 0 Å². The summed E-state index contributed by atoms with van der Waals surface area (Å²) in [5, 5.41) is 0. The molecule has 0 spiro atoms. The summed E-state index contributed by atoms with van der Waals surface area (Å²) in [5.41, 5.74) is 0. The largest absolute Gasteiger partial charge is 0.462 e. The SMILES string of the molecule is CC/C=C\C/C=C\C/C=C\CCCCCC(=O)OCC(COC(=O)CCCCCCCCCCC/C=C\C/C=C\CCCCCCC)OC(=O)CCCCCCCCCCCCCCCCCCC. The maximum Gasteiger partial charge on any atom is 0.306 e. The first-order valence-corrected chi connectivity index (χ1v) is 29.8. The van der Waals surface area contributed by atoms with Crippen molar-refractivity contribution in [1.82, 2.24) is 0 Å². The van der Waals surface area contributed by atoms with Crippen LogP contribution in [0, 0.1) is 0 Å². The van der Waals surface area contributed by atoms with Crippen LogP contribution in [0.3, 0.4) is 0 Å². The maximum atomic E-state index is 12.9. The Balaban J connectivity index is 4.34. The number of ether oxygens (including phenoxy) is 3. The minimum atomic E-state index is -0.786. The molecule has 1 atom stereocenters. The molecule has 0 heterocycles. The molecule has 0 N–H and O–H groups in total. The van der Waals surface area contributed by atoms with Gasteiger partial charge in [-0.2, -0.15) is 0 Å². The Morgan fingerprint density at radius 3 is 0.899 bits per heavy atom. The second-order valence-corrected chi connectivity index (χ2v) is 19.9. The summed E-state index contributed by atoms with van der Waals surface area (Å²) in [4.78, 5) is 38.2. The van der Waals surface area contributed by atoms with E-state index >= 15 is 0 Å². The molecular formula is C63H112O6. The monoisotopic (exact) mass is 965 g/mol. The van der Waals surface area contributed by atoms with Crippen LogP contribution in [-0.2, 0) is 28.6 Å². The standard InChI is InChI=1S/C63H112O6/c1-4-7-10-13-16-19-22-25-27-29-30-31-32-34-35-38-41-44-47-50-53-56-62(65)68-59-60(58-67-61(64)55-52-49-46-43-40-37-24-21-18-15-12-9-6-3)69-63(66)57-54-51-48-45-42-39-36-33-28-26-23-20-17-14-11-8-5-2/h9,12,18,21-22,25,29-30,37,40,60H,4-8,10-11,13-17,19-20,23-24,26-28,31-36,38-39,41-59H2,1-3H3/b12-9-,21-18-,25-22-,30-29-,40-37-. The highest BCUT2D eigenvalue weighted by atomic mass is 16.6. The Hall–Kier alpha value is -2.89. The minimum absolute atomic E-state index is 0.0834. The zero-order chi connectivity index (χ0) is 50.0. The van der Waals surface area contributed by atoms with Gasteiger partial charge in [0, 0.05) is 19.3 Å². The molecule has 0 aromatic rings. The molecule has 0 aromatic carbocycles. The van der Waals surface area contributed by atoms with E-state index in [9.17, 15) is 14.4 Å². The molecule has 0 amide bonds. The smallest absolute Gasteiger partial charge is 0.306 e. The highest BCUT2D eigenvalue weighted by Crippen LogP contribution is 2.16. The Kier molecular flexibility index (Phi) is 55.3. The molecule has 0 saturated carbocycles. The van der Waals surface area contributed by atoms with E-state index in [1.165, 1.54) is 173 Å². The Morgan fingerprint density at radius 1 is 0.304 bits per heavy atom. The molecule has 0 fully saturated rings. The summed E-state index contributed by atoms with van der Waals surface area (Å²) in [5.74, 6) is -0.903. The summed E-state index contributed by atoms with van der Waals surface area (Å²) in [6.07, 6.45) is 72.2. The van der Waals surface area contributed by atoms with E-state index in [1.807, 2.05) is 0 Å². The quantitative estimate of drug-likeness (QED) is 0.0262. The van der Waals surface area contributed by atoms with Crippen molar-refractivity contribution in [1.29, 1.82) is 0 Å². The van der Waals surface area contributed by atoms with Crippen molar-refractivity contribution >= 4 is 17.9 Å². The number of hydrogen-bond donors (Lipinski definition) is 0. The number of allylic oxidation sites excluding steroid dienone is 10. The Bertz CT molecular complexity index is 1250. The first-order valence-electron chi connectivity index (χ1n) is 29.8. The molecular weight excluding hydrogens is 853 g/mol. The van der Waals surface area contributed by atoms with E-state index in [1.54, 1.807) is 0 Å². The van der Waals surface area contributed by atoms with Gasteiger partial charge in [0.15, 0.2) is 6.10 Å². The van der Waals surface area contributed by atoms with Crippen LogP contribution in [0.4, 0.5) is 0 Å². The predicted octanol–water partition coefficient (Wildman–Crippen LogP) is 20.0. The van der Waals surface area contributed by atoms with Gasteiger partial charge in [-0.1, -0.05) is 261 Å². The third kappa shape index (κ3) is 55.9. The fraction of sp³-hybridized carbons (Fsp3) is 0.794. The lowest BCUT2D eigenvalue weighted by atomic mass is 10.0.